The Morgan fingerprint density at radius 3 is 2.72 bits per heavy atom. The molecule has 0 aromatic heterocycles. The molecule has 2 unspecified atom stereocenters. The molecule has 98 valence electrons. The van der Waals surface area contributed by atoms with Crippen molar-refractivity contribution < 1.29 is 5.11 Å². The summed E-state index contributed by atoms with van der Waals surface area (Å²) in [6.45, 7) is 8.01. The van der Waals surface area contributed by atoms with E-state index in [1.54, 1.807) is 6.92 Å². The molecule has 0 fully saturated rings. The Morgan fingerprint density at radius 1 is 1.44 bits per heavy atom. The van der Waals surface area contributed by atoms with Crippen molar-refractivity contribution in [3.8, 4) is 11.8 Å². The van der Waals surface area contributed by atoms with Gasteiger partial charge in [0.2, 0.25) is 0 Å². The lowest BCUT2D eigenvalue weighted by Crippen LogP contribution is -2.24. The van der Waals surface area contributed by atoms with Crippen molar-refractivity contribution >= 4 is 11.6 Å². The highest BCUT2D eigenvalue weighted by atomic mass is 35.5. The Bertz CT molecular complexity index is 466. The highest BCUT2D eigenvalue weighted by molar-refractivity contribution is 6.30. The first-order chi connectivity index (χ1) is 8.34. The molecular formula is C16H21ClO. The predicted octanol–water partition coefficient (Wildman–Crippen LogP) is 4.19. The smallest absolute Gasteiger partial charge is 0.123 e. The average molecular weight is 265 g/mol. The molecule has 1 nitrogen and oxygen atoms in total. The SMILES string of the molecule is CCC(C)CC(C)(O)C#Cc1cc(Cl)ccc1C. The van der Waals surface area contributed by atoms with E-state index < -0.39 is 5.60 Å². The van der Waals surface area contributed by atoms with Gasteiger partial charge < -0.3 is 5.11 Å². The molecule has 0 aliphatic heterocycles. The molecule has 2 heteroatoms. The lowest BCUT2D eigenvalue weighted by atomic mass is 9.91. The van der Waals surface area contributed by atoms with Crippen molar-refractivity contribution in [3.05, 3.63) is 34.3 Å². The van der Waals surface area contributed by atoms with Crippen molar-refractivity contribution in [2.75, 3.05) is 0 Å². The molecule has 0 spiro atoms. The summed E-state index contributed by atoms with van der Waals surface area (Å²) in [5, 5.41) is 10.9. The molecule has 1 N–H and O–H groups in total. The Hall–Kier alpha value is -0.970. The normalized spacial score (nSPS) is 15.4. The van der Waals surface area contributed by atoms with Crippen molar-refractivity contribution in [2.45, 2.75) is 46.1 Å². The standard InChI is InChI=1S/C16H21ClO/c1-5-12(2)11-16(4,18)9-8-14-10-15(17)7-6-13(14)3/h6-7,10,12,18H,5,11H2,1-4H3. The number of aryl methyl sites for hydroxylation is 1. The Labute approximate surface area is 115 Å². The molecule has 0 aliphatic rings. The van der Waals surface area contributed by atoms with E-state index in [1.807, 2.05) is 25.1 Å². The zero-order valence-corrected chi connectivity index (χ0v) is 12.3. The van der Waals surface area contributed by atoms with Crippen LogP contribution in [0.3, 0.4) is 0 Å². The van der Waals surface area contributed by atoms with E-state index in [9.17, 15) is 5.11 Å². The molecule has 0 saturated heterocycles. The van der Waals surface area contributed by atoms with Crippen molar-refractivity contribution in [3.63, 3.8) is 0 Å². The van der Waals surface area contributed by atoms with E-state index in [1.165, 1.54) is 0 Å². The fourth-order valence-electron chi connectivity index (χ4n) is 1.80. The Kier molecular flexibility index (Phi) is 5.26. The molecule has 18 heavy (non-hydrogen) atoms. The van der Waals surface area contributed by atoms with Gasteiger partial charge in [-0.3, -0.25) is 0 Å². The van der Waals surface area contributed by atoms with E-state index in [0.717, 1.165) is 17.5 Å². The van der Waals surface area contributed by atoms with Gasteiger partial charge in [-0.05, 0) is 43.9 Å². The zero-order chi connectivity index (χ0) is 13.8. The second-order valence-corrected chi connectivity index (χ2v) is 5.64. The van der Waals surface area contributed by atoms with Gasteiger partial charge in [0.05, 0.1) is 0 Å². The number of rotatable bonds is 3. The minimum absolute atomic E-state index is 0.467. The van der Waals surface area contributed by atoms with Crippen LogP contribution in [0.1, 0.15) is 44.7 Å². The summed E-state index contributed by atoms with van der Waals surface area (Å²) in [6, 6.07) is 5.62. The highest BCUT2D eigenvalue weighted by Crippen LogP contribution is 2.19. The molecule has 0 amide bonds. The molecule has 0 radical (unpaired) electrons. The van der Waals surface area contributed by atoms with Gasteiger partial charge in [-0.2, -0.15) is 0 Å². The number of benzene rings is 1. The largest absolute Gasteiger partial charge is 0.378 e. The van der Waals surface area contributed by atoms with E-state index in [2.05, 4.69) is 25.7 Å². The van der Waals surface area contributed by atoms with E-state index >= 15 is 0 Å². The molecule has 1 aromatic rings. The maximum Gasteiger partial charge on any atom is 0.123 e. The lowest BCUT2D eigenvalue weighted by Gasteiger charge is -2.20. The molecule has 2 atom stereocenters. The van der Waals surface area contributed by atoms with Crippen LogP contribution >= 0.6 is 11.6 Å². The molecule has 0 aliphatic carbocycles. The summed E-state index contributed by atoms with van der Waals surface area (Å²) in [5.41, 5.74) is 1.02. The van der Waals surface area contributed by atoms with Crippen LogP contribution in [-0.2, 0) is 0 Å². The monoisotopic (exact) mass is 264 g/mol. The van der Waals surface area contributed by atoms with E-state index in [-0.39, 0.29) is 0 Å². The molecule has 0 saturated carbocycles. The number of hydrogen-bond acceptors (Lipinski definition) is 1. The molecule has 0 bridgehead atoms. The zero-order valence-electron chi connectivity index (χ0n) is 11.5. The van der Waals surface area contributed by atoms with Crippen molar-refractivity contribution in [1.82, 2.24) is 0 Å². The number of aliphatic hydroxyl groups is 1. The third kappa shape index (κ3) is 4.72. The van der Waals surface area contributed by atoms with Crippen LogP contribution in [-0.4, -0.2) is 10.7 Å². The van der Waals surface area contributed by atoms with Gasteiger partial charge in [0.15, 0.2) is 0 Å². The number of hydrogen-bond donors (Lipinski definition) is 1. The second-order valence-electron chi connectivity index (χ2n) is 5.20. The van der Waals surface area contributed by atoms with Gasteiger partial charge in [-0.25, -0.2) is 0 Å². The second kappa shape index (κ2) is 6.27. The van der Waals surface area contributed by atoms with Gasteiger partial charge in [-0.15, -0.1) is 0 Å². The fraction of sp³-hybridized carbons (Fsp3) is 0.500. The molecular weight excluding hydrogens is 244 g/mol. The number of halogens is 1. The van der Waals surface area contributed by atoms with Gasteiger partial charge in [-0.1, -0.05) is 49.8 Å². The lowest BCUT2D eigenvalue weighted by molar-refractivity contribution is 0.0939. The maximum atomic E-state index is 10.2. The van der Waals surface area contributed by atoms with Crippen LogP contribution in [0.25, 0.3) is 0 Å². The third-order valence-electron chi connectivity index (χ3n) is 3.11. The topological polar surface area (TPSA) is 20.2 Å². The highest BCUT2D eigenvalue weighted by Gasteiger charge is 2.19. The quantitative estimate of drug-likeness (QED) is 0.812. The van der Waals surface area contributed by atoms with Gasteiger partial charge in [0.25, 0.3) is 0 Å². The first kappa shape index (κ1) is 15.1. The summed E-state index contributed by atoms with van der Waals surface area (Å²) in [7, 11) is 0. The Morgan fingerprint density at radius 2 is 2.11 bits per heavy atom. The van der Waals surface area contributed by atoms with Crippen LogP contribution in [0.4, 0.5) is 0 Å². The average Bonchev–Trinajstić information content (AvgIpc) is 2.30. The fourth-order valence-corrected chi connectivity index (χ4v) is 1.98. The van der Waals surface area contributed by atoms with E-state index in [0.29, 0.717) is 17.4 Å². The van der Waals surface area contributed by atoms with Gasteiger partial charge in [0, 0.05) is 10.6 Å². The third-order valence-corrected chi connectivity index (χ3v) is 3.34. The first-order valence-corrected chi connectivity index (χ1v) is 6.73. The van der Waals surface area contributed by atoms with Crippen LogP contribution < -0.4 is 0 Å². The summed E-state index contributed by atoms with van der Waals surface area (Å²) >= 11 is 5.94. The maximum absolute atomic E-state index is 10.2. The molecule has 1 aromatic carbocycles. The molecule has 1 rings (SSSR count). The minimum Gasteiger partial charge on any atom is -0.378 e. The van der Waals surface area contributed by atoms with Crippen LogP contribution in [0.5, 0.6) is 0 Å². The van der Waals surface area contributed by atoms with Crippen LogP contribution in [0.2, 0.25) is 5.02 Å². The van der Waals surface area contributed by atoms with Crippen molar-refractivity contribution in [1.29, 1.82) is 0 Å². The summed E-state index contributed by atoms with van der Waals surface area (Å²) < 4.78 is 0. The summed E-state index contributed by atoms with van der Waals surface area (Å²) in [4.78, 5) is 0. The van der Waals surface area contributed by atoms with Crippen molar-refractivity contribution in [2.24, 2.45) is 5.92 Å². The summed E-state index contributed by atoms with van der Waals surface area (Å²) in [5.74, 6) is 6.46. The molecule has 0 heterocycles. The van der Waals surface area contributed by atoms with Gasteiger partial charge >= 0.3 is 0 Å². The Balaban J connectivity index is 2.89. The van der Waals surface area contributed by atoms with Crippen LogP contribution in [0.15, 0.2) is 18.2 Å². The minimum atomic E-state index is -0.940. The first-order valence-electron chi connectivity index (χ1n) is 6.36. The predicted molar refractivity (Wildman–Crippen MR) is 77.8 cm³/mol. The summed E-state index contributed by atoms with van der Waals surface area (Å²) in [6.07, 6.45) is 1.74. The van der Waals surface area contributed by atoms with Crippen LogP contribution in [0, 0.1) is 24.7 Å². The van der Waals surface area contributed by atoms with Gasteiger partial charge in [0.1, 0.15) is 5.60 Å². The van der Waals surface area contributed by atoms with E-state index in [4.69, 9.17) is 11.6 Å².